The number of fused-ring (bicyclic) bond motifs is 1. The van der Waals surface area contributed by atoms with Gasteiger partial charge in [0.05, 0.1) is 11.1 Å². The lowest BCUT2D eigenvalue weighted by Gasteiger charge is -2.33. The van der Waals surface area contributed by atoms with Crippen LogP contribution < -0.4 is 5.32 Å². The summed E-state index contributed by atoms with van der Waals surface area (Å²) in [4.78, 5) is 35.8. The summed E-state index contributed by atoms with van der Waals surface area (Å²) in [6.07, 6.45) is 0.271. The van der Waals surface area contributed by atoms with Gasteiger partial charge in [0, 0.05) is 12.1 Å². The van der Waals surface area contributed by atoms with Crippen molar-refractivity contribution in [1.82, 2.24) is 0 Å². The first-order valence-electron chi connectivity index (χ1n) is 7.76. The normalized spacial score (nSPS) is 18.9. The van der Waals surface area contributed by atoms with Gasteiger partial charge < -0.3 is 15.2 Å². The van der Waals surface area contributed by atoms with Gasteiger partial charge in [-0.15, -0.1) is 0 Å². The largest absolute Gasteiger partial charge is 0.478 e. The minimum atomic E-state index is -1.33. The minimum absolute atomic E-state index is 0.123. The Bertz CT molecular complexity index is 872. The van der Waals surface area contributed by atoms with Gasteiger partial charge in [0.25, 0.3) is 5.91 Å². The molecule has 25 heavy (non-hydrogen) atoms. The number of rotatable bonds is 3. The molecule has 0 aromatic heterocycles. The maximum Gasteiger partial charge on any atom is 0.339 e. The fraction of sp³-hybridized carbons (Fsp3) is 0.211. The van der Waals surface area contributed by atoms with Crippen molar-refractivity contribution in [3.05, 3.63) is 64.7 Å². The molecule has 1 aliphatic heterocycles. The molecule has 1 amide bonds. The molecule has 0 saturated heterocycles. The molecule has 3 rings (SSSR count). The molecule has 0 radical (unpaired) electrons. The number of carboxylic acid groups (broad SMARTS) is 1. The molecule has 128 valence electrons. The van der Waals surface area contributed by atoms with Gasteiger partial charge in [0.1, 0.15) is 0 Å². The zero-order valence-electron chi connectivity index (χ0n) is 13.8. The van der Waals surface area contributed by atoms with E-state index in [0.717, 1.165) is 11.1 Å². The van der Waals surface area contributed by atoms with Crippen molar-refractivity contribution >= 4 is 23.5 Å². The van der Waals surface area contributed by atoms with Crippen LogP contribution in [0.4, 0.5) is 5.69 Å². The number of carboxylic acids is 1. The molecule has 1 heterocycles. The van der Waals surface area contributed by atoms with E-state index in [1.165, 1.54) is 24.3 Å². The number of hydrogen-bond acceptors (Lipinski definition) is 4. The van der Waals surface area contributed by atoms with E-state index < -0.39 is 23.4 Å². The molecule has 1 aliphatic rings. The Morgan fingerprint density at radius 1 is 1.16 bits per heavy atom. The van der Waals surface area contributed by atoms with Gasteiger partial charge in [-0.25, -0.2) is 9.59 Å². The Kier molecular flexibility index (Phi) is 4.04. The Hall–Kier alpha value is -3.15. The van der Waals surface area contributed by atoms with Crippen molar-refractivity contribution in [2.24, 2.45) is 0 Å². The van der Waals surface area contributed by atoms with Crippen molar-refractivity contribution in [2.45, 2.75) is 25.9 Å². The lowest BCUT2D eigenvalue weighted by atomic mass is 9.88. The Labute approximate surface area is 144 Å². The quantitative estimate of drug-likeness (QED) is 0.839. The van der Waals surface area contributed by atoms with Crippen molar-refractivity contribution in [2.75, 3.05) is 5.32 Å². The van der Waals surface area contributed by atoms with Gasteiger partial charge in [0.2, 0.25) is 0 Å². The molecule has 0 spiro atoms. The molecular formula is C19H17NO5. The van der Waals surface area contributed by atoms with Crippen LogP contribution in [-0.2, 0) is 16.0 Å². The number of carbonyl (C=O) groups excluding carboxylic acids is 2. The average molecular weight is 339 g/mol. The molecule has 2 aromatic carbocycles. The van der Waals surface area contributed by atoms with Gasteiger partial charge in [-0.2, -0.15) is 0 Å². The summed E-state index contributed by atoms with van der Waals surface area (Å²) in [7, 11) is 0. The predicted molar refractivity (Wildman–Crippen MR) is 90.7 cm³/mol. The van der Waals surface area contributed by atoms with Crippen molar-refractivity contribution in [3.8, 4) is 0 Å². The van der Waals surface area contributed by atoms with Crippen LogP contribution in [0.15, 0.2) is 42.5 Å². The molecule has 0 aliphatic carbocycles. The van der Waals surface area contributed by atoms with E-state index in [0.29, 0.717) is 11.3 Å². The first-order chi connectivity index (χ1) is 11.8. The third-order valence-corrected chi connectivity index (χ3v) is 4.20. The number of nitrogens with one attached hydrogen (secondary N) is 1. The number of esters is 1. The number of carbonyl (C=O) groups is 3. The van der Waals surface area contributed by atoms with Gasteiger partial charge in [-0.3, -0.25) is 4.79 Å². The van der Waals surface area contributed by atoms with E-state index in [4.69, 9.17) is 9.84 Å². The SMILES string of the molecule is Cc1ccc2c(c1)C(=O)OC(C)(C(=O)Nc1ccc(C(=O)O)cc1)C2. The molecule has 1 atom stereocenters. The summed E-state index contributed by atoms with van der Waals surface area (Å²) >= 11 is 0. The molecule has 0 saturated carbocycles. The first-order valence-corrected chi connectivity index (χ1v) is 7.76. The highest BCUT2D eigenvalue weighted by Gasteiger charge is 2.42. The Morgan fingerprint density at radius 3 is 2.48 bits per heavy atom. The van der Waals surface area contributed by atoms with E-state index >= 15 is 0 Å². The maximum absolute atomic E-state index is 12.6. The summed E-state index contributed by atoms with van der Waals surface area (Å²) in [5, 5.41) is 11.6. The van der Waals surface area contributed by atoms with Gasteiger partial charge >= 0.3 is 11.9 Å². The van der Waals surface area contributed by atoms with Crippen LogP contribution in [0.3, 0.4) is 0 Å². The molecular weight excluding hydrogens is 322 g/mol. The van der Waals surface area contributed by atoms with Crippen LogP contribution in [0.1, 0.15) is 38.8 Å². The number of hydrogen-bond donors (Lipinski definition) is 2. The first kappa shape index (κ1) is 16.7. The second-order valence-electron chi connectivity index (χ2n) is 6.29. The number of aromatic carboxylic acids is 1. The number of anilines is 1. The average Bonchev–Trinajstić information content (AvgIpc) is 2.56. The molecule has 2 N–H and O–H groups in total. The van der Waals surface area contributed by atoms with E-state index in [-0.39, 0.29) is 12.0 Å². The highest BCUT2D eigenvalue weighted by Crippen LogP contribution is 2.30. The third kappa shape index (κ3) is 3.24. The van der Waals surface area contributed by atoms with Crippen LogP contribution in [0, 0.1) is 6.92 Å². The zero-order chi connectivity index (χ0) is 18.2. The van der Waals surface area contributed by atoms with Crippen molar-refractivity contribution < 1.29 is 24.2 Å². The zero-order valence-corrected chi connectivity index (χ0v) is 13.8. The van der Waals surface area contributed by atoms with Gasteiger partial charge in [-0.05, 0) is 49.7 Å². The summed E-state index contributed by atoms with van der Waals surface area (Å²) in [5.41, 5.74) is 1.42. The van der Waals surface area contributed by atoms with Gasteiger partial charge in [0.15, 0.2) is 5.60 Å². The van der Waals surface area contributed by atoms with Crippen LogP contribution in [0.25, 0.3) is 0 Å². The number of benzene rings is 2. The van der Waals surface area contributed by atoms with Crippen LogP contribution in [-0.4, -0.2) is 28.6 Å². The Morgan fingerprint density at radius 2 is 1.84 bits per heavy atom. The fourth-order valence-corrected chi connectivity index (χ4v) is 2.78. The smallest absolute Gasteiger partial charge is 0.339 e. The van der Waals surface area contributed by atoms with Crippen LogP contribution in [0.2, 0.25) is 0 Å². The van der Waals surface area contributed by atoms with Crippen molar-refractivity contribution in [3.63, 3.8) is 0 Å². The summed E-state index contributed by atoms with van der Waals surface area (Å²) in [5.74, 6) is -2.03. The topological polar surface area (TPSA) is 92.7 Å². The molecule has 0 bridgehead atoms. The predicted octanol–water partition coefficient (Wildman–Crippen LogP) is 2.80. The monoisotopic (exact) mass is 339 g/mol. The third-order valence-electron chi connectivity index (χ3n) is 4.20. The molecule has 6 nitrogen and oxygen atoms in total. The highest BCUT2D eigenvalue weighted by molar-refractivity contribution is 6.02. The van der Waals surface area contributed by atoms with E-state index in [2.05, 4.69) is 5.32 Å². The van der Waals surface area contributed by atoms with Crippen LogP contribution in [0.5, 0.6) is 0 Å². The molecule has 1 unspecified atom stereocenters. The molecule has 2 aromatic rings. The highest BCUT2D eigenvalue weighted by atomic mass is 16.6. The van der Waals surface area contributed by atoms with E-state index in [1.807, 2.05) is 19.1 Å². The molecule has 0 fully saturated rings. The standard InChI is InChI=1S/C19H17NO5/c1-11-3-4-13-10-19(2,25-17(23)15(13)9-11)18(24)20-14-7-5-12(6-8-14)16(21)22/h3-9H,10H2,1-2H3,(H,20,24)(H,21,22). The molecule has 6 heteroatoms. The number of ether oxygens (including phenoxy) is 1. The minimum Gasteiger partial charge on any atom is -0.478 e. The number of aryl methyl sites for hydroxylation is 1. The Balaban J connectivity index is 1.81. The maximum atomic E-state index is 12.6. The van der Waals surface area contributed by atoms with E-state index in [9.17, 15) is 14.4 Å². The fourth-order valence-electron chi connectivity index (χ4n) is 2.78. The number of amides is 1. The van der Waals surface area contributed by atoms with Crippen LogP contribution >= 0.6 is 0 Å². The van der Waals surface area contributed by atoms with E-state index in [1.54, 1.807) is 13.0 Å². The lowest BCUT2D eigenvalue weighted by Crippen LogP contribution is -2.48. The second kappa shape index (κ2) is 6.05. The van der Waals surface area contributed by atoms with Gasteiger partial charge in [-0.1, -0.05) is 17.7 Å². The summed E-state index contributed by atoms with van der Waals surface area (Å²) in [6, 6.07) is 11.2. The summed E-state index contributed by atoms with van der Waals surface area (Å²) in [6.45, 7) is 3.45. The lowest BCUT2D eigenvalue weighted by molar-refractivity contribution is -0.134. The second-order valence-corrected chi connectivity index (χ2v) is 6.29. The number of cyclic esters (lactones) is 1. The summed E-state index contributed by atoms with van der Waals surface area (Å²) < 4.78 is 5.41. The van der Waals surface area contributed by atoms with Crippen molar-refractivity contribution in [1.29, 1.82) is 0 Å².